The molecule has 0 aromatic heterocycles. The lowest BCUT2D eigenvalue weighted by atomic mass is 9.92. The van der Waals surface area contributed by atoms with E-state index in [2.05, 4.69) is 27.7 Å². The lowest BCUT2D eigenvalue weighted by molar-refractivity contribution is 0.412. The van der Waals surface area contributed by atoms with Crippen LogP contribution in [0.15, 0.2) is 0 Å². The first kappa shape index (κ1) is 10.0. The second-order valence-electron chi connectivity index (χ2n) is 3.40. The summed E-state index contributed by atoms with van der Waals surface area (Å²) in [7, 11) is 0. The summed E-state index contributed by atoms with van der Waals surface area (Å²) >= 11 is 0. The second kappa shape index (κ2) is 5.76. The van der Waals surface area contributed by atoms with Crippen molar-refractivity contribution < 1.29 is 0 Å². The monoisotopic (exact) mass is 141 g/mol. The molecule has 0 fully saturated rings. The molecule has 0 amide bonds. The quantitative estimate of drug-likeness (QED) is 0.548. The molecular weight excluding hydrogens is 120 g/mol. The molecule has 0 aromatic rings. The van der Waals surface area contributed by atoms with Gasteiger partial charge in [0.1, 0.15) is 0 Å². The van der Waals surface area contributed by atoms with Crippen molar-refractivity contribution in [2.45, 2.75) is 46.5 Å². The van der Waals surface area contributed by atoms with E-state index in [-0.39, 0.29) is 0 Å². The second-order valence-corrected chi connectivity index (χ2v) is 3.40. The van der Waals surface area contributed by atoms with E-state index in [1.165, 1.54) is 25.7 Å². The van der Waals surface area contributed by atoms with Gasteiger partial charge in [0.2, 0.25) is 0 Å². The van der Waals surface area contributed by atoms with Crippen molar-refractivity contribution in [3.63, 3.8) is 0 Å². The van der Waals surface area contributed by atoms with Gasteiger partial charge >= 0.3 is 0 Å². The Kier molecular flexibility index (Phi) is 5.76. The van der Waals surface area contributed by atoms with Crippen LogP contribution in [0.2, 0.25) is 0 Å². The minimum absolute atomic E-state index is 0.694. The summed E-state index contributed by atoms with van der Waals surface area (Å²) in [6, 6.07) is 0. The molecular formula is C10H21. The van der Waals surface area contributed by atoms with Crippen molar-refractivity contribution in [3.05, 3.63) is 6.92 Å². The third-order valence-electron chi connectivity index (χ3n) is 2.13. The molecule has 0 N–H and O–H groups in total. The fourth-order valence-electron chi connectivity index (χ4n) is 1.26. The number of rotatable bonds is 5. The molecule has 0 saturated heterocycles. The van der Waals surface area contributed by atoms with Crippen molar-refractivity contribution in [2.24, 2.45) is 11.8 Å². The van der Waals surface area contributed by atoms with Crippen LogP contribution in [0.3, 0.4) is 0 Å². The van der Waals surface area contributed by atoms with Crippen LogP contribution in [-0.2, 0) is 0 Å². The van der Waals surface area contributed by atoms with Crippen molar-refractivity contribution >= 4 is 0 Å². The Balaban J connectivity index is 3.27. The molecule has 0 aromatic carbocycles. The minimum atomic E-state index is 0.694. The third-order valence-corrected chi connectivity index (χ3v) is 2.13. The van der Waals surface area contributed by atoms with E-state index in [0.717, 1.165) is 5.92 Å². The topological polar surface area (TPSA) is 0 Å². The molecule has 0 spiro atoms. The molecule has 0 aliphatic rings. The Morgan fingerprint density at radius 1 is 1.30 bits per heavy atom. The zero-order valence-electron chi connectivity index (χ0n) is 7.69. The molecule has 0 heteroatoms. The summed E-state index contributed by atoms with van der Waals surface area (Å²) in [6.07, 6.45) is 5.19. The molecule has 0 nitrogen and oxygen atoms in total. The maximum atomic E-state index is 4.12. The molecule has 10 heavy (non-hydrogen) atoms. The molecule has 0 heterocycles. The SMILES string of the molecule is [CH2]C(CCC)CC(C)CC. The molecule has 1 radical (unpaired) electrons. The highest BCUT2D eigenvalue weighted by Crippen LogP contribution is 2.17. The average Bonchev–Trinajstić information content (AvgIpc) is 1.88. The minimum Gasteiger partial charge on any atom is -0.0654 e. The van der Waals surface area contributed by atoms with E-state index in [1.54, 1.807) is 0 Å². The van der Waals surface area contributed by atoms with Crippen LogP contribution < -0.4 is 0 Å². The molecule has 2 atom stereocenters. The summed E-state index contributed by atoms with van der Waals surface area (Å²) < 4.78 is 0. The maximum Gasteiger partial charge on any atom is -0.0412 e. The van der Waals surface area contributed by atoms with Crippen LogP contribution in [0.4, 0.5) is 0 Å². The zero-order chi connectivity index (χ0) is 7.98. The van der Waals surface area contributed by atoms with E-state index in [0.29, 0.717) is 5.92 Å². The van der Waals surface area contributed by atoms with E-state index in [9.17, 15) is 0 Å². The fraction of sp³-hybridized carbons (Fsp3) is 0.900. The van der Waals surface area contributed by atoms with E-state index in [1.807, 2.05) is 0 Å². The molecule has 0 rings (SSSR count). The standard InChI is InChI=1S/C10H21/c1-5-7-10(4)8-9(3)6-2/h9-10H,4-8H2,1-3H3. The smallest absolute Gasteiger partial charge is 0.0412 e. The molecule has 61 valence electrons. The van der Waals surface area contributed by atoms with Crippen LogP contribution in [0.5, 0.6) is 0 Å². The Labute approximate surface area is 66.0 Å². The summed E-state index contributed by atoms with van der Waals surface area (Å²) in [6.45, 7) is 10.9. The van der Waals surface area contributed by atoms with Crippen LogP contribution in [0.1, 0.15) is 46.5 Å². The van der Waals surface area contributed by atoms with Gasteiger partial charge in [0, 0.05) is 0 Å². The van der Waals surface area contributed by atoms with Gasteiger partial charge < -0.3 is 0 Å². The first-order valence-corrected chi connectivity index (χ1v) is 4.53. The van der Waals surface area contributed by atoms with Gasteiger partial charge in [0.05, 0.1) is 0 Å². The molecule has 0 aliphatic heterocycles. The number of hydrogen-bond acceptors (Lipinski definition) is 0. The predicted octanol–water partition coefficient (Wildman–Crippen LogP) is 3.67. The maximum absolute atomic E-state index is 4.12. The lowest BCUT2D eigenvalue weighted by Gasteiger charge is -2.14. The Bertz CT molecular complexity index is 66.4. The van der Waals surface area contributed by atoms with Crippen molar-refractivity contribution in [3.8, 4) is 0 Å². The van der Waals surface area contributed by atoms with Gasteiger partial charge in [-0.3, -0.25) is 0 Å². The zero-order valence-corrected chi connectivity index (χ0v) is 7.69. The Morgan fingerprint density at radius 2 is 1.90 bits per heavy atom. The van der Waals surface area contributed by atoms with E-state index < -0.39 is 0 Å². The largest absolute Gasteiger partial charge is 0.0654 e. The molecule has 0 aliphatic carbocycles. The van der Waals surface area contributed by atoms with E-state index in [4.69, 9.17) is 0 Å². The molecule has 2 unspecified atom stereocenters. The lowest BCUT2D eigenvalue weighted by Crippen LogP contribution is -2.01. The van der Waals surface area contributed by atoms with Gasteiger partial charge in [-0.2, -0.15) is 0 Å². The van der Waals surface area contributed by atoms with Gasteiger partial charge in [0.15, 0.2) is 0 Å². The van der Waals surface area contributed by atoms with Gasteiger partial charge in [-0.1, -0.05) is 47.0 Å². The van der Waals surface area contributed by atoms with Crippen molar-refractivity contribution in [1.29, 1.82) is 0 Å². The van der Waals surface area contributed by atoms with Crippen LogP contribution >= 0.6 is 0 Å². The van der Waals surface area contributed by atoms with E-state index >= 15 is 0 Å². The van der Waals surface area contributed by atoms with Crippen LogP contribution in [-0.4, -0.2) is 0 Å². The molecule has 0 saturated carbocycles. The van der Waals surface area contributed by atoms with Crippen LogP contribution in [0, 0.1) is 18.8 Å². The third kappa shape index (κ3) is 4.84. The Hall–Kier alpha value is 0. The van der Waals surface area contributed by atoms with Gasteiger partial charge in [-0.25, -0.2) is 0 Å². The highest BCUT2D eigenvalue weighted by atomic mass is 14.1. The average molecular weight is 141 g/mol. The molecule has 0 bridgehead atoms. The Morgan fingerprint density at radius 3 is 2.30 bits per heavy atom. The highest BCUT2D eigenvalue weighted by Gasteiger charge is 2.05. The van der Waals surface area contributed by atoms with Gasteiger partial charge in [0.25, 0.3) is 0 Å². The van der Waals surface area contributed by atoms with Crippen LogP contribution in [0.25, 0.3) is 0 Å². The van der Waals surface area contributed by atoms with Gasteiger partial charge in [-0.05, 0) is 18.3 Å². The van der Waals surface area contributed by atoms with Crippen molar-refractivity contribution in [1.82, 2.24) is 0 Å². The number of hydrogen-bond donors (Lipinski definition) is 0. The predicted molar refractivity (Wildman–Crippen MR) is 47.8 cm³/mol. The van der Waals surface area contributed by atoms with Crippen molar-refractivity contribution in [2.75, 3.05) is 0 Å². The fourth-order valence-corrected chi connectivity index (χ4v) is 1.26. The summed E-state index contributed by atoms with van der Waals surface area (Å²) in [5, 5.41) is 0. The first-order chi connectivity index (χ1) is 4.70. The summed E-state index contributed by atoms with van der Waals surface area (Å²) in [5.74, 6) is 1.56. The first-order valence-electron chi connectivity index (χ1n) is 4.53. The van der Waals surface area contributed by atoms with Gasteiger partial charge in [-0.15, -0.1) is 0 Å². The normalized spacial score (nSPS) is 16.8. The summed E-state index contributed by atoms with van der Waals surface area (Å²) in [5.41, 5.74) is 0. The summed E-state index contributed by atoms with van der Waals surface area (Å²) in [4.78, 5) is 0. The highest BCUT2D eigenvalue weighted by molar-refractivity contribution is 4.63.